The summed E-state index contributed by atoms with van der Waals surface area (Å²) < 4.78 is 1.00. The van der Waals surface area contributed by atoms with Crippen LogP contribution in [0, 0.1) is 11.3 Å². The van der Waals surface area contributed by atoms with Gasteiger partial charge < -0.3 is 5.32 Å². The zero-order valence-corrected chi connectivity index (χ0v) is 14.2. The molecule has 0 heterocycles. The molecule has 2 aromatic rings. The first-order valence-corrected chi connectivity index (χ1v) is 8.47. The van der Waals surface area contributed by atoms with E-state index >= 15 is 0 Å². The van der Waals surface area contributed by atoms with Gasteiger partial charge in [-0.05, 0) is 43.8 Å². The van der Waals surface area contributed by atoms with Crippen LogP contribution in [-0.4, -0.2) is 13.6 Å². The fraction of sp³-hybridized carbons (Fsp3) is 0.235. The Kier molecular flexibility index (Phi) is 6.31. The lowest BCUT2D eigenvalue weighted by molar-refractivity contribution is 0.715. The Morgan fingerprint density at radius 2 is 2.00 bits per heavy atom. The summed E-state index contributed by atoms with van der Waals surface area (Å²) in [6, 6.07) is 18.5. The Hall–Kier alpha value is -1.28. The Morgan fingerprint density at radius 1 is 1.24 bits per heavy atom. The van der Waals surface area contributed by atoms with Gasteiger partial charge in [0.05, 0.1) is 5.56 Å². The van der Waals surface area contributed by atoms with Gasteiger partial charge in [0.2, 0.25) is 0 Å². The van der Waals surface area contributed by atoms with Gasteiger partial charge in [0, 0.05) is 14.6 Å². The maximum Gasteiger partial charge on any atom is 0.100 e. The highest BCUT2D eigenvalue weighted by atomic mass is 79.9. The molecule has 0 aliphatic carbocycles. The van der Waals surface area contributed by atoms with Gasteiger partial charge >= 0.3 is 0 Å². The summed E-state index contributed by atoms with van der Waals surface area (Å²) in [6.07, 6.45) is 1.02. The number of hydrogen-bond acceptors (Lipinski definition) is 3. The van der Waals surface area contributed by atoms with Crippen LogP contribution in [0.4, 0.5) is 0 Å². The highest BCUT2D eigenvalue weighted by molar-refractivity contribution is 9.10. The van der Waals surface area contributed by atoms with Crippen molar-refractivity contribution >= 4 is 27.7 Å². The number of benzene rings is 2. The maximum atomic E-state index is 9.28. The van der Waals surface area contributed by atoms with Crippen molar-refractivity contribution in [2.75, 3.05) is 13.6 Å². The van der Waals surface area contributed by atoms with Crippen LogP contribution in [0.5, 0.6) is 0 Å². The summed E-state index contributed by atoms with van der Waals surface area (Å²) in [6.45, 7) is 0.947. The second kappa shape index (κ2) is 8.23. The smallest absolute Gasteiger partial charge is 0.100 e. The largest absolute Gasteiger partial charge is 0.320 e. The van der Waals surface area contributed by atoms with Crippen molar-refractivity contribution in [1.29, 1.82) is 5.26 Å². The Labute approximate surface area is 138 Å². The first-order chi connectivity index (χ1) is 10.2. The second-order valence-electron chi connectivity index (χ2n) is 4.66. The number of thioether (sulfide) groups is 1. The third-order valence-electron chi connectivity index (χ3n) is 3.16. The average Bonchev–Trinajstić information content (AvgIpc) is 2.52. The normalized spacial score (nSPS) is 11.9. The van der Waals surface area contributed by atoms with Crippen LogP contribution < -0.4 is 5.32 Å². The average molecular weight is 361 g/mol. The molecule has 2 rings (SSSR count). The fourth-order valence-electron chi connectivity index (χ4n) is 2.08. The Morgan fingerprint density at radius 3 is 2.67 bits per heavy atom. The van der Waals surface area contributed by atoms with E-state index in [-0.39, 0.29) is 0 Å². The molecule has 0 bridgehead atoms. The van der Waals surface area contributed by atoms with Gasteiger partial charge in [0.1, 0.15) is 6.07 Å². The number of rotatable bonds is 6. The Balaban J connectivity index is 2.27. The molecule has 108 valence electrons. The van der Waals surface area contributed by atoms with Gasteiger partial charge in [-0.2, -0.15) is 5.26 Å². The summed E-state index contributed by atoms with van der Waals surface area (Å²) in [5.41, 5.74) is 2.02. The molecule has 1 N–H and O–H groups in total. The molecule has 0 aliphatic heterocycles. The summed E-state index contributed by atoms with van der Waals surface area (Å²) in [5, 5.41) is 12.8. The number of nitriles is 1. The predicted octanol–water partition coefficient (Wildman–Crippen LogP) is 4.76. The lowest BCUT2D eigenvalue weighted by Crippen LogP contribution is -2.11. The minimum Gasteiger partial charge on any atom is -0.320 e. The van der Waals surface area contributed by atoms with Crippen molar-refractivity contribution in [2.45, 2.75) is 16.6 Å². The summed E-state index contributed by atoms with van der Waals surface area (Å²) in [5.74, 6) is 0. The summed E-state index contributed by atoms with van der Waals surface area (Å²) in [4.78, 5) is 1.02. The zero-order chi connectivity index (χ0) is 15.1. The second-order valence-corrected chi connectivity index (χ2v) is 6.82. The topological polar surface area (TPSA) is 35.8 Å². The first kappa shape index (κ1) is 16.1. The molecule has 0 spiro atoms. The van der Waals surface area contributed by atoms with Gasteiger partial charge in [0.25, 0.3) is 0 Å². The van der Waals surface area contributed by atoms with Crippen LogP contribution in [0.2, 0.25) is 0 Å². The summed E-state index contributed by atoms with van der Waals surface area (Å²) in [7, 11) is 1.96. The number of nitrogens with one attached hydrogen (secondary N) is 1. The quantitative estimate of drug-likeness (QED) is 0.754. The van der Waals surface area contributed by atoms with Gasteiger partial charge in [-0.15, -0.1) is 11.8 Å². The molecule has 0 aliphatic rings. The van der Waals surface area contributed by atoms with E-state index in [4.69, 9.17) is 0 Å². The van der Waals surface area contributed by atoms with Crippen LogP contribution in [-0.2, 0) is 0 Å². The minimum atomic E-state index is 0.333. The molecular formula is C17H17BrN2S. The Bertz CT molecular complexity index is 622. The third-order valence-corrected chi connectivity index (χ3v) is 5.04. The molecule has 2 aromatic carbocycles. The summed E-state index contributed by atoms with van der Waals surface area (Å²) >= 11 is 5.24. The molecule has 21 heavy (non-hydrogen) atoms. The van der Waals surface area contributed by atoms with E-state index < -0.39 is 0 Å². The molecule has 1 unspecified atom stereocenters. The van der Waals surface area contributed by atoms with Crippen LogP contribution in [0.3, 0.4) is 0 Å². The maximum absolute atomic E-state index is 9.28. The van der Waals surface area contributed by atoms with Crippen molar-refractivity contribution in [3.05, 3.63) is 64.1 Å². The molecule has 0 aromatic heterocycles. The minimum absolute atomic E-state index is 0.333. The van der Waals surface area contributed by atoms with Crippen molar-refractivity contribution in [3.8, 4) is 6.07 Å². The third kappa shape index (κ3) is 4.60. The van der Waals surface area contributed by atoms with E-state index in [1.807, 2.05) is 31.3 Å². The van der Waals surface area contributed by atoms with Gasteiger partial charge in [0.15, 0.2) is 0 Å². The van der Waals surface area contributed by atoms with E-state index in [0.717, 1.165) is 27.9 Å². The van der Waals surface area contributed by atoms with Gasteiger partial charge in [-0.25, -0.2) is 0 Å². The van der Waals surface area contributed by atoms with E-state index in [1.54, 1.807) is 11.8 Å². The van der Waals surface area contributed by atoms with Crippen molar-refractivity contribution in [1.82, 2.24) is 5.32 Å². The lowest BCUT2D eigenvalue weighted by Gasteiger charge is -2.18. The van der Waals surface area contributed by atoms with E-state index in [9.17, 15) is 5.26 Å². The van der Waals surface area contributed by atoms with Crippen molar-refractivity contribution in [3.63, 3.8) is 0 Å². The van der Waals surface area contributed by atoms with E-state index in [0.29, 0.717) is 5.25 Å². The molecule has 0 saturated carbocycles. The zero-order valence-electron chi connectivity index (χ0n) is 11.8. The molecule has 0 saturated heterocycles. The molecule has 2 nitrogen and oxygen atoms in total. The highest BCUT2D eigenvalue weighted by Crippen LogP contribution is 2.39. The predicted molar refractivity (Wildman–Crippen MR) is 92.4 cm³/mol. The number of halogens is 1. The molecule has 4 heteroatoms. The molecule has 0 amide bonds. The van der Waals surface area contributed by atoms with Crippen LogP contribution in [0.15, 0.2) is 57.9 Å². The standard InChI is InChI=1S/C17H17BrN2S/c1-20-10-9-16(13-5-3-2-4-6-13)21-17-11-15(18)8-7-14(17)12-19/h2-8,11,16,20H,9-10H2,1H3. The van der Waals surface area contributed by atoms with Crippen LogP contribution in [0.1, 0.15) is 22.8 Å². The lowest BCUT2D eigenvalue weighted by atomic mass is 10.1. The number of hydrogen-bond donors (Lipinski definition) is 1. The fourth-order valence-corrected chi connectivity index (χ4v) is 3.86. The SMILES string of the molecule is CNCCC(Sc1cc(Br)ccc1C#N)c1ccccc1. The first-order valence-electron chi connectivity index (χ1n) is 6.80. The van der Waals surface area contributed by atoms with E-state index in [2.05, 4.69) is 51.6 Å². The molecule has 0 radical (unpaired) electrons. The monoisotopic (exact) mass is 360 g/mol. The van der Waals surface area contributed by atoms with E-state index in [1.165, 1.54) is 5.56 Å². The van der Waals surface area contributed by atoms with Gasteiger partial charge in [-0.3, -0.25) is 0 Å². The van der Waals surface area contributed by atoms with Gasteiger partial charge in [-0.1, -0.05) is 46.3 Å². The van der Waals surface area contributed by atoms with Crippen molar-refractivity contribution < 1.29 is 0 Å². The molecule has 1 atom stereocenters. The van der Waals surface area contributed by atoms with Crippen LogP contribution >= 0.6 is 27.7 Å². The number of nitrogens with zero attached hydrogens (tertiary/aromatic N) is 1. The highest BCUT2D eigenvalue weighted by Gasteiger charge is 2.15. The molecular weight excluding hydrogens is 344 g/mol. The van der Waals surface area contributed by atoms with Crippen LogP contribution in [0.25, 0.3) is 0 Å². The van der Waals surface area contributed by atoms with Crippen molar-refractivity contribution in [2.24, 2.45) is 0 Å². The molecule has 0 fully saturated rings.